The standard InChI is InChI=1S/C15H12Br2ClN3O2/c16-12-5-9(6-13(17)15(12)23)7-20-21-14(22)8-19-11-3-1-10(18)2-4-11/h1-7,19,23H,8H2,(H,21,22)/b20-7-. The molecule has 2 aromatic carbocycles. The summed E-state index contributed by atoms with van der Waals surface area (Å²) < 4.78 is 1.06. The van der Waals surface area contributed by atoms with E-state index in [2.05, 4.69) is 47.7 Å². The van der Waals surface area contributed by atoms with Crippen molar-refractivity contribution in [2.24, 2.45) is 5.10 Å². The number of carbonyl (C=O) groups excluding carboxylic acids is 1. The second kappa shape index (κ2) is 8.33. The second-order valence-corrected chi connectivity index (χ2v) is 6.63. The van der Waals surface area contributed by atoms with Gasteiger partial charge in [-0.15, -0.1) is 0 Å². The molecular weight excluding hydrogens is 449 g/mol. The summed E-state index contributed by atoms with van der Waals surface area (Å²) in [6, 6.07) is 10.4. The van der Waals surface area contributed by atoms with Crippen LogP contribution in [0.1, 0.15) is 5.56 Å². The second-order valence-electron chi connectivity index (χ2n) is 4.49. The Hall–Kier alpha value is -1.57. The van der Waals surface area contributed by atoms with Gasteiger partial charge in [-0.1, -0.05) is 11.6 Å². The number of rotatable bonds is 5. The molecular formula is C15H12Br2ClN3O2. The summed E-state index contributed by atoms with van der Waals surface area (Å²) in [5, 5.41) is 17.1. The first-order valence-corrected chi connectivity index (χ1v) is 8.41. The summed E-state index contributed by atoms with van der Waals surface area (Å²) in [6.45, 7) is 0.0853. The number of anilines is 1. The van der Waals surface area contributed by atoms with Crippen molar-refractivity contribution in [3.63, 3.8) is 0 Å². The third-order valence-corrected chi connectivity index (χ3v) is 4.20. The number of nitrogens with one attached hydrogen (secondary N) is 2. The quantitative estimate of drug-likeness (QED) is 0.463. The molecule has 0 saturated carbocycles. The molecule has 0 aliphatic rings. The Morgan fingerprint density at radius 1 is 1.22 bits per heavy atom. The van der Waals surface area contributed by atoms with E-state index in [-0.39, 0.29) is 18.2 Å². The van der Waals surface area contributed by atoms with Crippen LogP contribution in [0.3, 0.4) is 0 Å². The summed E-state index contributed by atoms with van der Waals surface area (Å²) in [6.07, 6.45) is 1.48. The lowest BCUT2D eigenvalue weighted by Crippen LogP contribution is -2.25. The number of hydrogen-bond acceptors (Lipinski definition) is 4. The van der Waals surface area contributed by atoms with E-state index in [1.165, 1.54) is 6.21 Å². The fourth-order valence-corrected chi connectivity index (χ4v) is 2.98. The summed E-state index contributed by atoms with van der Waals surface area (Å²) in [4.78, 5) is 11.7. The molecule has 0 radical (unpaired) electrons. The number of phenols is 1. The highest BCUT2D eigenvalue weighted by Crippen LogP contribution is 2.32. The molecule has 0 unspecified atom stereocenters. The SMILES string of the molecule is O=C(CNc1ccc(Cl)cc1)N/N=C\c1cc(Br)c(O)c(Br)c1. The minimum atomic E-state index is -0.284. The lowest BCUT2D eigenvalue weighted by atomic mass is 10.2. The average molecular weight is 462 g/mol. The van der Waals surface area contributed by atoms with Crippen molar-refractivity contribution in [1.29, 1.82) is 0 Å². The molecule has 0 bridgehead atoms. The average Bonchev–Trinajstić information content (AvgIpc) is 2.52. The third kappa shape index (κ3) is 5.53. The first-order chi connectivity index (χ1) is 11.0. The third-order valence-electron chi connectivity index (χ3n) is 2.74. The topological polar surface area (TPSA) is 73.7 Å². The van der Waals surface area contributed by atoms with Crippen molar-refractivity contribution in [2.45, 2.75) is 0 Å². The lowest BCUT2D eigenvalue weighted by Gasteiger charge is -2.05. The van der Waals surface area contributed by atoms with Crippen LogP contribution in [0.2, 0.25) is 5.02 Å². The zero-order valence-corrected chi connectivity index (χ0v) is 15.6. The first kappa shape index (κ1) is 17.8. The Morgan fingerprint density at radius 2 is 1.83 bits per heavy atom. The number of halogens is 3. The van der Waals surface area contributed by atoms with Crippen molar-refractivity contribution < 1.29 is 9.90 Å². The first-order valence-electron chi connectivity index (χ1n) is 6.45. The maximum Gasteiger partial charge on any atom is 0.259 e. The van der Waals surface area contributed by atoms with Gasteiger partial charge < -0.3 is 10.4 Å². The zero-order chi connectivity index (χ0) is 16.8. The molecule has 23 heavy (non-hydrogen) atoms. The van der Waals surface area contributed by atoms with Gasteiger partial charge >= 0.3 is 0 Å². The number of hydrazone groups is 1. The van der Waals surface area contributed by atoms with E-state index in [0.29, 0.717) is 19.5 Å². The van der Waals surface area contributed by atoms with Crippen LogP contribution in [0.5, 0.6) is 5.75 Å². The molecule has 0 aliphatic carbocycles. The molecule has 0 aromatic heterocycles. The van der Waals surface area contributed by atoms with Crippen LogP contribution < -0.4 is 10.7 Å². The Kier molecular flexibility index (Phi) is 6.44. The van der Waals surface area contributed by atoms with Crippen LogP contribution in [-0.4, -0.2) is 23.8 Å². The molecule has 2 rings (SSSR count). The Labute approximate surface area is 155 Å². The van der Waals surface area contributed by atoms with E-state index >= 15 is 0 Å². The maximum absolute atomic E-state index is 11.7. The Bertz CT molecular complexity index is 713. The van der Waals surface area contributed by atoms with E-state index < -0.39 is 0 Å². The molecule has 0 heterocycles. The van der Waals surface area contributed by atoms with E-state index in [4.69, 9.17) is 11.6 Å². The summed E-state index contributed by atoms with van der Waals surface area (Å²) in [5.41, 5.74) is 3.92. The highest BCUT2D eigenvalue weighted by molar-refractivity contribution is 9.11. The Morgan fingerprint density at radius 3 is 2.43 bits per heavy atom. The van der Waals surface area contributed by atoms with Gasteiger partial charge in [0.1, 0.15) is 5.75 Å². The fraction of sp³-hybridized carbons (Fsp3) is 0.0667. The largest absolute Gasteiger partial charge is 0.506 e. The summed E-state index contributed by atoms with van der Waals surface area (Å²) in [7, 11) is 0. The normalized spacial score (nSPS) is 10.7. The monoisotopic (exact) mass is 459 g/mol. The number of hydrogen-bond donors (Lipinski definition) is 3. The lowest BCUT2D eigenvalue weighted by molar-refractivity contribution is -0.119. The van der Waals surface area contributed by atoms with Crippen LogP contribution in [0.25, 0.3) is 0 Å². The van der Waals surface area contributed by atoms with Crippen molar-refractivity contribution in [3.8, 4) is 5.75 Å². The number of aromatic hydroxyl groups is 1. The molecule has 0 spiro atoms. The van der Waals surface area contributed by atoms with Gasteiger partial charge in [-0.05, 0) is 73.8 Å². The van der Waals surface area contributed by atoms with Crippen molar-refractivity contribution in [2.75, 3.05) is 11.9 Å². The number of benzene rings is 2. The maximum atomic E-state index is 11.7. The highest BCUT2D eigenvalue weighted by Gasteiger charge is 2.05. The van der Waals surface area contributed by atoms with Gasteiger partial charge in [0.15, 0.2) is 0 Å². The smallest absolute Gasteiger partial charge is 0.259 e. The van der Waals surface area contributed by atoms with Crippen molar-refractivity contribution in [3.05, 3.63) is 55.9 Å². The van der Waals surface area contributed by atoms with Crippen molar-refractivity contribution >= 4 is 61.3 Å². The molecule has 0 saturated heterocycles. The Balaban J connectivity index is 1.85. The van der Waals surface area contributed by atoms with Gasteiger partial charge in [0.05, 0.1) is 21.7 Å². The van der Waals surface area contributed by atoms with Crippen LogP contribution in [0.4, 0.5) is 5.69 Å². The van der Waals surface area contributed by atoms with Crippen LogP contribution >= 0.6 is 43.5 Å². The molecule has 0 atom stereocenters. The molecule has 8 heteroatoms. The van der Waals surface area contributed by atoms with Gasteiger partial charge in [-0.25, -0.2) is 5.43 Å². The van der Waals surface area contributed by atoms with Gasteiger partial charge in [0.25, 0.3) is 5.91 Å². The number of nitrogens with zero attached hydrogens (tertiary/aromatic N) is 1. The van der Waals surface area contributed by atoms with Gasteiger partial charge in [-0.2, -0.15) is 5.10 Å². The van der Waals surface area contributed by atoms with Crippen LogP contribution in [0.15, 0.2) is 50.4 Å². The van der Waals surface area contributed by atoms with E-state index in [1.807, 2.05) is 0 Å². The van der Waals surface area contributed by atoms with Crippen LogP contribution in [-0.2, 0) is 4.79 Å². The van der Waals surface area contributed by atoms with Crippen molar-refractivity contribution in [1.82, 2.24) is 5.43 Å². The number of carbonyl (C=O) groups is 1. The molecule has 3 N–H and O–H groups in total. The van der Waals surface area contributed by atoms with Gasteiger partial charge in [-0.3, -0.25) is 4.79 Å². The molecule has 120 valence electrons. The molecule has 0 aliphatic heterocycles. The summed E-state index contributed by atoms with van der Waals surface area (Å²) >= 11 is 12.2. The van der Waals surface area contributed by atoms with E-state index in [9.17, 15) is 9.90 Å². The zero-order valence-electron chi connectivity index (χ0n) is 11.7. The van der Waals surface area contributed by atoms with Gasteiger partial charge in [0.2, 0.25) is 0 Å². The highest BCUT2D eigenvalue weighted by atomic mass is 79.9. The predicted molar refractivity (Wildman–Crippen MR) is 99.2 cm³/mol. The molecule has 5 nitrogen and oxygen atoms in total. The predicted octanol–water partition coefficient (Wildman–Crippen LogP) is 4.13. The fourth-order valence-electron chi connectivity index (χ4n) is 1.63. The molecule has 2 aromatic rings. The number of phenolic OH excluding ortho intramolecular Hbond substituents is 1. The number of amides is 1. The van der Waals surface area contributed by atoms with E-state index in [0.717, 1.165) is 5.69 Å². The minimum absolute atomic E-state index is 0.0853. The van der Waals surface area contributed by atoms with E-state index in [1.54, 1.807) is 36.4 Å². The molecule has 1 amide bonds. The molecule has 0 fully saturated rings. The summed E-state index contributed by atoms with van der Waals surface area (Å²) in [5.74, 6) is -0.175. The minimum Gasteiger partial charge on any atom is -0.506 e. The van der Waals surface area contributed by atoms with Crippen LogP contribution in [0, 0.1) is 0 Å². The van der Waals surface area contributed by atoms with Gasteiger partial charge in [0, 0.05) is 10.7 Å².